The number of methoxy groups -OCH3 is 1. The van der Waals surface area contributed by atoms with Gasteiger partial charge in [-0.3, -0.25) is 4.79 Å². The Kier molecular flexibility index (Phi) is 6.04. The molecular weight excluding hydrogens is 313 g/mol. The van der Waals surface area contributed by atoms with Crippen LogP contribution in [0, 0.1) is 19.7 Å². The summed E-state index contributed by atoms with van der Waals surface area (Å²) in [6, 6.07) is 10.3. The summed E-state index contributed by atoms with van der Waals surface area (Å²) >= 11 is 1.42. The molecule has 0 aromatic heterocycles. The zero-order valence-electron chi connectivity index (χ0n) is 13.5. The predicted molar refractivity (Wildman–Crippen MR) is 93.7 cm³/mol. The molecule has 2 aromatic rings. The molecule has 2 rings (SSSR count). The summed E-state index contributed by atoms with van der Waals surface area (Å²) in [6.07, 6.45) is 0. The van der Waals surface area contributed by atoms with Crippen molar-refractivity contribution in [3.05, 3.63) is 58.9 Å². The number of carbonyl (C=O) groups is 1. The average Bonchev–Trinajstić information content (AvgIpc) is 2.51. The van der Waals surface area contributed by atoms with E-state index in [1.54, 1.807) is 13.2 Å². The third kappa shape index (κ3) is 4.99. The number of hydrogen-bond acceptors (Lipinski definition) is 3. The largest absolute Gasteiger partial charge is 0.496 e. The Balaban J connectivity index is 1.90. The van der Waals surface area contributed by atoms with E-state index in [0.717, 1.165) is 22.4 Å². The highest BCUT2D eigenvalue weighted by molar-refractivity contribution is 7.99. The molecule has 0 saturated heterocycles. The number of anilines is 1. The first-order valence-corrected chi connectivity index (χ1v) is 8.42. The molecule has 23 heavy (non-hydrogen) atoms. The maximum Gasteiger partial charge on any atom is 0.234 e. The second-order valence-electron chi connectivity index (χ2n) is 5.32. The fourth-order valence-electron chi connectivity index (χ4n) is 2.17. The minimum Gasteiger partial charge on any atom is -0.496 e. The van der Waals surface area contributed by atoms with Crippen molar-refractivity contribution in [3.63, 3.8) is 0 Å². The lowest BCUT2D eigenvalue weighted by Crippen LogP contribution is -2.15. The fraction of sp³-hybridized carbons (Fsp3) is 0.278. The molecule has 0 aliphatic rings. The summed E-state index contributed by atoms with van der Waals surface area (Å²) < 4.78 is 18.5. The lowest BCUT2D eigenvalue weighted by Gasteiger charge is -2.10. The molecule has 0 heterocycles. The molecule has 122 valence electrons. The molecule has 0 spiro atoms. The molecule has 0 atom stereocenters. The SMILES string of the molecule is COc1ccc(F)cc1CSCC(=O)Nc1cc(C)ccc1C. The van der Waals surface area contributed by atoms with Crippen molar-refractivity contribution in [2.45, 2.75) is 19.6 Å². The fourth-order valence-corrected chi connectivity index (χ4v) is 2.98. The lowest BCUT2D eigenvalue weighted by molar-refractivity contribution is -0.113. The maximum atomic E-state index is 13.3. The molecule has 1 amide bonds. The minimum absolute atomic E-state index is 0.0703. The van der Waals surface area contributed by atoms with E-state index >= 15 is 0 Å². The Morgan fingerprint density at radius 3 is 2.74 bits per heavy atom. The third-order valence-electron chi connectivity index (χ3n) is 3.40. The van der Waals surface area contributed by atoms with Crippen molar-refractivity contribution in [1.82, 2.24) is 0 Å². The molecule has 0 saturated carbocycles. The van der Waals surface area contributed by atoms with Crippen molar-refractivity contribution in [1.29, 1.82) is 0 Å². The summed E-state index contributed by atoms with van der Waals surface area (Å²) in [5.41, 5.74) is 3.71. The van der Waals surface area contributed by atoms with Crippen molar-refractivity contribution in [2.24, 2.45) is 0 Å². The number of halogens is 1. The van der Waals surface area contributed by atoms with Gasteiger partial charge in [-0.15, -0.1) is 11.8 Å². The van der Waals surface area contributed by atoms with Gasteiger partial charge in [0.05, 0.1) is 12.9 Å². The molecule has 3 nitrogen and oxygen atoms in total. The second-order valence-corrected chi connectivity index (χ2v) is 6.30. The predicted octanol–water partition coefficient (Wildman–Crippen LogP) is 4.32. The van der Waals surface area contributed by atoms with Crippen molar-refractivity contribution in [3.8, 4) is 5.75 Å². The van der Waals surface area contributed by atoms with Crippen LogP contribution in [0.4, 0.5) is 10.1 Å². The van der Waals surface area contributed by atoms with Gasteiger partial charge in [-0.25, -0.2) is 4.39 Å². The van der Waals surface area contributed by atoms with Gasteiger partial charge >= 0.3 is 0 Å². The zero-order chi connectivity index (χ0) is 16.8. The van der Waals surface area contributed by atoms with Crippen LogP contribution in [-0.2, 0) is 10.5 Å². The number of aryl methyl sites for hydroxylation is 2. The zero-order valence-corrected chi connectivity index (χ0v) is 14.3. The van der Waals surface area contributed by atoms with Gasteiger partial charge < -0.3 is 10.1 Å². The monoisotopic (exact) mass is 333 g/mol. The van der Waals surface area contributed by atoms with E-state index in [1.807, 2.05) is 32.0 Å². The highest BCUT2D eigenvalue weighted by atomic mass is 32.2. The Morgan fingerprint density at radius 2 is 2.00 bits per heavy atom. The minimum atomic E-state index is -0.304. The van der Waals surface area contributed by atoms with Gasteiger partial charge in [0.1, 0.15) is 11.6 Å². The first-order chi connectivity index (χ1) is 11.0. The highest BCUT2D eigenvalue weighted by Gasteiger charge is 2.08. The normalized spacial score (nSPS) is 10.4. The van der Waals surface area contributed by atoms with Crippen LogP contribution >= 0.6 is 11.8 Å². The van der Waals surface area contributed by atoms with Crippen molar-refractivity contribution in [2.75, 3.05) is 18.2 Å². The van der Waals surface area contributed by atoms with Gasteiger partial charge in [0, 0.05) is 17.0 Å². The van der Waals surface area contributed by atoms with Gasteiger partial charge in [-0.2, -0.15) is 0 Å². The van der Waals surface area contributed by atoms with Gasteiger partial charge in [-0.05, 0) is 49.2 Å². The highest BCUT2D eigenvalue weighted by Crippen LogP contribution is 2.24. The first kappa shape index (κ1) is 17.3. The molecule has 0 bridgehead atoms. The smallest absolute Gasteiger partial charge is 0.234 e. The van der Waals surface area contributed by atoms with Crippen LogP contribution in [0.1, 0.15) is 16.7 Å². The van der Waals surface area contributed by atoms with E-state index in [9.17, 15) is 9.18 Å². The summed E-state index contributed by atoms with van der Waals surface area (Å²) in [4.78, 5) is 12.1. The number of thioether (sulfide) groups is 1. The van der Waals surface area contributed by atoms with Crippen LogP contribution in [0.25, 0.3) is 0 Å². The molecule has 2 aromatic carbocycles. The summed E-state index contributed by atoms with van der Waals surface area (Å²) in [6.45, 7) is 3.94. The molecule has 0 aliphatic heterocycles. The number of carbonyl (C=O) groups excluding carboxylic acids is 1. The number of ether oxygens (including phenoxy) is 1. The van der Waals surface area contributed by atoms with Gasteiger partial charge in [0.2, 0.25) is 5.91 Å². The Morgan fingerprint density at radius 1 is 1.22 bits per heavy atom. The van der Waals surface area contributed by atoms with E-state index in [4.69, 9.17) is 4.74 Å². The summed E-state index contributed by atoms with van der Waals surface area (Å²) in [5.74, 6) is 1.07. The van der Waals surface area contributed by atoms with Gasteiger partial charge in [0.25, 0.3) is 0 Å². The van der Waals surface area contributed by atoms with Crippen LogP contribution in [0.3, 0.4) is 0 Å². The van der Waals surface area contributed by atoms with Gasteiger partial charge in [-0.1, -0.05) is 12.1 Å². The average molecular weight is 333 g/mol. The molecule has 0 aliphatic carbocycles. The number of nitrogens with one attached hydrogen (secondary N) is 1. The number of amides is 1. The van der Waals surface area contributed by atoms with Crippen LogP contribution < -0.4 is 10.1 Å². The van der Waals surface area contributed by atoms with Crippen molar-refractivity contribution < 1.29 is 13.9 Å². The molecule has 5 heteroatoms. The van der Waals surface area contributed by atoms with Crippen LogP contribution in [-0.4, -0.2) is 18.8 Å². The number of rotatable bonds is 6. The molecule has 0 unspecified atom stereocenters. The molecule has 1 N–H and O–H groups in total. The van der Waals surface area contributed by atoms with Crippen LogP contribution in [0.2, 0.25) is 0 Å². The summed E-state index contributed by atoms with van der Waals surface area (Å²) in [7, 11) is 1.55. The lowest BCUT2D eigenvalue weighted by atomic mass is 10.1. The molecule has 0 fully saturated rings. The topological polar surface area (TPSA) is 38.3 Å². The quantitative estimate of drug-likeness (QED) is 0.855. The van der Waals surface area contributed by atoms with Crippen LogP contribution in [0.5, 0.6) is 5.75 Å². The van der Waals surface area contributed by atoms with E-state index < -0.39 is 0 Å². The van der Waals surface area contributed by atoms with E-state index in [2.05, 4.69) is 5.32 Å². The Labute approximate surface area is 140 Å². The van der Waals surface area contributed by atoms with E-state index in [-0.39, 0.29) is 11.7 Å². The first-order valence-electron chi connectivity index (χ1n) is 7.27. The van der Waals surface area contributed by atoms with Crippen molar-refractivity contribution >= 4 is 23.4 Å². The Hall–Kier alpha value is -2.01. The molecule has 0 radical (unpaired) electrons. The Bertz CT molecular complexity index is 703. The van der Waals surface area contributed by atoms with Crippen LogP contribution in [0.15, 0.2) is 36.4 Å². The summed E-state index contributed by atoms with van der Waals surface area (Å²) in [5, 5.41) is 2.91. The van der Waals surface area contributed by atoms with Gasteiger partial charge in [0.15, 0.2) is 0 Å². The maximum absolute atomic E-state index is 13.3. The standard InChI is InChI=1S/C18H20FNO2S/c1-12-4-5-13(2)16(8-12)20-18(21)11-23-10-14-9-15(19)6-7-17(14)22-3/h4-9H,10-11H2,1-3H3,(H,20,21). The third-order valence-corrected chi connectivity index (χ3v) is 4.38. The second kappa shape index (κ2) is 8.02. The van der Waals surface area contributed by atoms with E-state index in [1.165, 1.54) is 23.9 Å². The number of benzene rings is 2. The number of hydrogen-bond donors (Lipinski definition) is 1. The molecular formula is C18H20FNO2S. The van der Waals surface area contributed by atoms with E-state index in [0.29, 0.717) is 17.3 Å².